The third kappa shape index (κ3) is 4.70. The number of imidazole rings is 1. The minimum absolute atomic E-state index is 0.119. The summed E-state index contributed by atoms with van der Waals surface area (Å²) >= 11 is 6.05. The van der Waals surface area contributed by atoms with Gasteiger partial charge in [-0.25, -0.2) is 4.98 Å². The molecule has 1 saturated heterocycles. The first-order chi connectivity index (χ1) is 14.6. The first-order valence-corrected chi connectivity index (χ1v) is 10.2. The Kier molecular flexibility index (Phi) is 6.12. The Morgan fingerprint density at radius 2 is 2.00 bits per heavy atom. The third-order valence-corrected chi connectivity index (χ3v) is 5.56. The number of rotatable bonds is 7. The lowest BCUT2D eigenvalue weighted by atomic mass is 10.1. The molecular weight excluding hydrogens is 398 g/mol. The molecule has 2 heterocycles. The van der Waals surface area contributed by atoms with Crippen LogP contribution in [0.4, 0.5) is 0 Å². The summed E-state index contributed by atoms with van der Waals surface area (Å²) in [7, 11) is 0. The fourth-order valence-corrected chi connectivity index (χ4v) is 3.90. The molecule has 3 aromatic rings. The lowest BCUT2D eigenvalue weighted by Gasteiger charge is -2.18. The SMILES string of the molecule is N#Cc1ccc(Cn2cncc2CNC2CCN(Cc3cccc(Cl)c3)C2=O)cc1. The zero-order chi connectivity index (χ0) is 20.9. The van der Waals surface area contributed by atoms with E-state index in [4.69, 9.17) is 16.9 Å². The Morgan fingerprint density at radius 3 is 2.77 bits per heavy atom. The highest BCUT2D eigenvalue weighted by molar-refractivity contribution is 6.30. The van der Waals surface area contributed by atoms with Crippen LogP contribution in [-0.2, 0) is 24.4 Å². The fraction of sp³-hybridized carbons (Fsp3) is 0.261. The van der Waals surface area contributed by atoms with E-state index in [-0.39, 0.29) is 11.9 Å². The van der Waals surface area contributed by atoms with Gasteiger partial charge in [-0.3, -0.25) is 4.79 Å². The summed E-state index contributed by atoms with van der Waals surface area (Å²) in [5.41, 5.74) is 3.80. The predicted molar refractivity (Wildman–Crippen MR) is 115 cm³/mol. The Morgan fingerprint density at radius 1 is 1.17 bits per heavy atom. The van der Waals surface area contributed by atoms with Crippen LogP contribution in [0.15, 0.2) is 61.1 Å². The largest absolute Gasteiger partial charge is 0.337 e. The maximum atomic E-state index is 12.8. The summed E-state index contributed by atoms with van der Waals surface area (Å²) in [6.45, 7) is 2.54. The Balaban J connectivity index is 1.33. The Bertz CT molecular complexity index is 1070. The van der Waals surface area contributed by atoms with Gasteiger partial charge in [0.2, 0.25) is 5.91 Å². The van der Waals surface area contributed by atoms with Crippen molar-refractivity contribution in [1.29, 1.82) is 5.26 Å². The summed E-state index contributed by atoms with van der Waals surface area (Å²) in [5, 5.41) is 13.0. The Labute approximate surface area is 180 Å². The van der Waals surface area contributed by atoms with E-state index in [2.05, 4.69) is 20.9 Å². The van der Waals surface area contributed by atoms with Gasteiger partial charge in [-0.05, 0) is 41.8 Å². The number of hydrogen-bond acceptors (Lipinski definition) is 4. The number of nitrogens with one attached hydrogen (secondary N) is 1. The number of carbonyl (C=O) groups excluding carboxylic acids is 1. The van der Waals surface area contributed by atoms with Crippen molar-refractivity contribution < 1.29 is 4.79 Å². The fourth-order valence-electron chi connectivity index (χ4n) is 3.69. The number of halogens is 1. The lowest BCUT2D eigenvalue weighted by molar-refractivity contribution is -0.129. The van der Waals surface area contributed by atoms with Gasteiger partial charge < -0.3 is 14.8 Å². The molecule has 0 spiro atoms. The number of nitriles is 1. The van der Waals surface area contributed by atoms with Crippen molar-refractivity contribution in [1.82, 2.24) is 19.8 Å². The van der Waals surface area contributed by atoms with E-state index in [0.717, 1.165) is 29.8 Å². The first-order valence-electron chi connectivity index (χ1n) is 9.87. The molecule has 1 aliphatic heterocycles. The molecule has 6 nitrogen and oxygen atoms in total. The topological polar surface area (TPSA) is 74.0 Å². The van der Waals surface area contributed by atoms with E-state index < -0.39 is 0 Å². The average Bonchev–Trinajstić information content (AvgIpc) is 3.33. The van der Waals surface area contributed by atoms with Gasteiger partial charge in [0.1, 0.15) is 0 Å². The molecule has 1 N–H and O–H groups in total. The number of aromatic nitrogens is 2. The molecule has 4 rings (SSSR count). The maximum Gasteiger partial charge on any atom is 0.240 e. The molecule has 1 aromatic heterocycles. The van der Waals surface area contributed by atoms with Gasteiger partial charge in [-0.2, -0.15) is 5.26 Å². The zero-order valence-corrected chi connectivity index (χ0v) is 17.2. The van der Waals surface area contributed by atoms with E-state index in [1.54, 1.807) is 6.33 Å². The standard InChI is InChI=1S/C23H22ClN5O/c24-20-3-1-2-19(10-20)15-28-9-8-22(23(28)30)27-13-21-12-26-16-29(21)14-18-6-4-17(11-25)5-7-18/h1-7,10,12,16,22,27H,8-9,13-15H2. The Hall–Kier alpha value is -3.14. The van der Waals surface area contributed by atoms with Crippen LogP contribution in [0.1, 0.15) is 28.8 Å². The molecule has 2 aromatic carbocycles. The number of nitrogens with zero attached hydrogens (tertiary/aromatic N) is 4. The molecule has 152 valence electrons. The summed E-state index contributed by atoms with van der Waals surface area (Å²) < 4.78 is 2.05. The van der Waals surface area contributed by atoms with E-state index in [1.165, 1.54) is 0 Å². The summed E-state index contributed by atoms with van der Waals surface area (Å²) in [6.07, 6.45) is 4.39. The van der Waals surface area contributed by atoms with Crippen LogP contribution in [0.25, 0.3) is 0 Å². The van der Waals surface area contributed by atoms with E-state index in [0.29, 0.717) is 30.2 Å². The van der Waals surface area contributed by atoms with Crippen molar-refractivity contribution in [2.24, 2.45) is 0 Å². The molecule has 1 aliphatic rings. The third-order valence-electron chi connectivity index (χ3n) is 5.32. The second-order valence-corrected chi connectivity index (χ2v) is 7.87. The van der Waals surface area contributed by atoms with E-state index >= 15 is 0 Å². The highest BCUT2D eigenvalue weighted by Gasteiger charge is 2.31. The molecule has 1 atom stereocenters. The predicted octanol–water partition coefficient (Wildman–Crippen LogP) is 3.35. The van der Waals surface area contributed by atoms with Crippen molar-refractivity contribution in [2.75, 3.05) is 6.54 Å². The zero-order valence-electron chi connectivity index (χ0n) is 16.5. The molecule has 30 heavy (non-hydrogen) atoms. The minimum atomic E-state index is -0.192. The number of amides is 1. The van der Waals surface area contributed by atoms with E-state index in [1.807, 2.05) is 59.6 Å². The smallest absolute Gasteiger partial charge is 0.240 e. The van der Waals surface area contributed by atoms with Crippen molar-refractivity contribution in [3.63, 3.8) is 0 Å². The molecule has 1 fully saturated rings. The minimum Gasteiger partial charge on any atom is -0.337 e. The molecule has 1 unspecified atom stereocenters. The number of likely N-dealkylation sites (tertiary alicyclic amines) is 1. The summed E-state index contributed by atoms with van der Waals surface area (Å²) in [5.74, 6) is 0.119. The van der Waals surface area contributed by atoms with Crippen LogP contribution in [0, 0.1) is 11.3 Å². The molecule has 1 amide bonds. The van der Waals surface area contributed by atoms with Crippen LogP contribution >= 0.6 is 11.6 Å². The molecule has 7 heteroatoms. The van der Waals surface area contributed by atoms with Gasteiger partial charge in [0, 0.05) is 37.4 Å². The van der Waals surface area contributed by atoms with Crippen molar-refractivity contribution in [3.8, 4) is 6.07 Å². The second kappa shape index (κ2) is 9.12. The molecule has 0 radical (unpaired) electrons. The second-order valence-electron chi connectivity index (χ2n) is 7.43. The number of hydrogen-bond donors (Lipinski definition) is 1. The molecule has 0 saturated carbocycles. The van der Waals surface area contributed by atoms with Crippen LogP contribution in [-0.4, -0.2) is 32.9 Å². The van der Waals surface area contributed by atoms with Crippen LogP contribution < -0.4 is 5.32 Å². The van der Waals surface area contributed by atoms with Crippen LogP contribution in [0.3, 0.4) is 0 Å². The number of benzene rings is 2. The maximum absolute atomic E-state index is 12.8. The highest BCUT2D eigenvalue weighted by atomic mass is 35.5. The van der Waals surface area contributed by atoms with Crippen molar-refractivity contribution in [3.05, 3.63) is 88.5 Å². The molecular formula is C23H22ClN5O. The van der Waals surface area contributed by atoms with Gasteiger partial charge in [0.15, 0.2) is 0 Å². The quantitative estimate of drug-likeness (QED) is 0.637. The van der Waals surface area contributed by atoms with Crippen molar-refractivity contribution >= 4 is 17.5 Å². The molecule has 0 aliphatic carbocycles. The lowest BCUT2D eigenvalue weighted by Crippen LogP contribution is -2.38. The number of carbonyl (C=O) groups is 1. The van der Waals surface area contributed by atoms with Gasteiger partial charge in [0.05, 0.1) is 29.7 Å². The average molecular weight is 420 g/mol. The monoisotopic (exact) mass is 419 g/mol. The summed E-state index contributed by atoms with van der Waals surface area (Å²) in [4.78, 5) is 18.9. The van der Waals surface area contributed by atoms with Crippen molar-refractivity contribution in [2.45, 2.75) is 32.1 Å². The summed E-state index contributed by atoms with van der Waals surface area (Å²) in [6, 6.07) is 17.1. The van der Waals surface area contributed by atoms with Gasteiger partial charge in [0.25, 0.3) is 0 Å². The molecule has 0 bridgehead atoms. The normalized spacial score (nSPS) is 16.1. The van der Waals surface area contributed by atoms with Gasteiger partial charge in [-0.1, -0.05) is 35.9 Å². The van der Waals surface area contributed by atoms with Gasteiger partial charge >= 0.3 is 0 Å². The van der Waals surface area contributed by atoms with Gasteiger partial charge in [-0.15, -0.1) is 0 Å². The van der Waals surface area contributed by atoms with Crippen LogP contribution in [0.2, 0.25) is 5.02 Å². The highest BCUT2D eigenvalue weighted by Crippen LogP contribution is 2.18. The first kappa shape index (κ1) is 20.1. The van der Waals surface area contributed by atoms with Crippen LogP contribution in [0.5, 0.6) is 0 Å². The van der Waals surface area contributed by atoms with E-state index in [9.17, 15) is 4.79 Å².